The van der Waals surface area contributed by atoms with Gasteiger partial charge in [-0.25, -0.2) is 0 Å². The van der Waals surface area contributed by atoms with E-state index in [1.807, 2.05) is 6.08 Å². The maximum Gasteiger partial charge on any atom is 0.156 e. The monoisotopic (exact) mass is 392 g/mol. The summed E-state index contributed by atoms with van der Waals surface area (Å²) in [5.41, 5.74) is 6.82. The summed E-state index contributed by atoms with van der Waals surface area (Å²) in [6.45, 7) is 2.49. The first kappa shape index (κ1) is 19.3. The fourth-order valence-electron chi connectivity index (χ4n) is 6.98. The summed E-state index contributed by atoms with van der Waals surface area (Å²) >= 11 is 0. The zero-order valence-electron chi connectivity index (χ0n) is 17.4. The molecular formula is C26H32O3. The maximum absolute atomic E-state index is 12.1. The van der Waals surface area contributed by atoms with Gasteiger partial charge in [-0.05, 0) is 90.5 Å². The lowest BCUT2D eigenvalue weighted by Gasteiger charge is -2.52. The van der Waals surface area contributed by atoms with Crippen molar-refractivity contribution in [3.63, 3.8) is 0 Å². The van der Waals surface area contributed by atoms with Gasteiger partial charge in [0.15, 0.2) is 5.78 Å². The highest BCUT2D eigenvalue weighted by atomic mass is 16.3. The minimum atomic E-state index is -0.208. The lowest BCUT2D eigenvalue weighted by atomic mass is 9.53. The Hall–Kier alpha value is -1.71. The van der Waals surface area contributed by atoms with Crippen LogP contribution in [-0.4, -0.2) is 28.7 Å². The molecule has 0 heterocycles. The molecule has 4 aliphatic carbocycles. The third kappa shape index (κ3) is 3.05. The molecule has 2 saturated carbocycles. The van der Waals surface area contributed by atoms with Crippen LogP contribution in [0.25, 0.3) is 0 Å². The average Bonchev–Trinajstić information content (AvgIpc) is 3.02. The molecule has 0 bridgehead atoms. The molecule has 1 aromatic rings. The summed E-state index contributed by atoms with van der Waals surface area (Å²) in [7, 11) is 0. The lowest BCUT2D eigenvalue weighted by molar-refractivity contribution is -0.114. The molecule has 3 nitrogen and oxygen atoms in total. The predicted molar refractivity (Wildman–Crippen MR) is 114 cm³/mol. The van der Waals surface area contributed by atoms with Crippen molar-refractivity contribution < 1.29 is 15.0 Å². The SMILES string of the molecule is C[C@]12CC(c3ccc(CCO)cc3)C3=C4CCC(=O)C=C4CC[C@H]3[C@@H]1CCC2O. The van der Waals surface area contributed by atoms with Crippen molar-refractivity contribution in [1.29, 1.82) is 0 Å². The second-order valence-corrected chi connectivity index (χ2v) is 9.89. The first-order chi connectivity index (χ1) is 14.0. The summed E-state index contributed by atoms with van der Waals surface area (Å²) in [6.07, 6.45) is 9.10. The summed E-state index contributed by atoms with van der Waals surface area (Å²) in [5, 5.41) is 20.2. The molecule has 0 aromatic heterocycles. The highest BCUT2D eigenvalue weighted by Crippen LogP contribution is 2.63. The Morgan fingerprint density at radius 3 is 2.62 bits per heavy atom. The van der Waals surface area contributed by atoms with Crippen LogP contribution in [0.5, 0.6) is 0 Å². The minimum Gasteiger partial charge on any atom is -0.396 e. The van der Waals surface area contributed by atoms with Crippen LogP contribution in [0.1, 0.15) is 68.9 Å². The van der Waals surface area contributed by atoms with E-state index in [2.05, 4.69) is 31.2 Å². The van der Waals surface area contributed by atoms with Gasteiger partial charge in [0.05, 0.1) is 6.10 Å². The molecule has 0 radical (unpaired) electrons. The van der Waals surface area contributed by atoms with E-state index in [0.717, 1.165) is 38.5 Å². The van der Waals surface area contributed by atoms with Gasteiger partial charge in [0, 0.05) is 18.9 Å². The van der Waals surface area contributed by atoms with E-state index < -0.39 is 0 Å². The maximum atomic E-state index is 12.1. The van der Waals surface area contributed by atoms with Crippen LogP contribution in [0.3, 0.4) is 0 Å². The first-order valence-corrected chi connectivity index (χ1v) is 11.4. The Labute approximate surface area is 173 Å². The molecule has 5 rings (SSSR count). The van der Waals surface area contributed by atoms with E-state index in [-0.39, 0.29) is 23.9 Å². The molecule has 1 aromatic carbocycles. The quantitative estimate of drug-likeness (QED) is 0.797. The fraction of sp³-hybridized carbons (Fsp3) is 0.577. The topological polar surface area (TPSA) is 57.5 Å². The number of carbonyl (C=O) groups is 1. The summed E-state index contributed by atoms with van der Waals surface area (Å²) < 4.78 is 0. The zero-order chi connectivity index (χ0) is 20.2. The molecule has 2 N–H and O–H groups in total. The molecule has 29 heavy (non-hydrogen) atoms. The zero-order valence-corrected chi connectivity index (χ0v) is 17.4. The molecule has 0 spiro atoms. The van der Waals surface area contributed by atoms with Crippen LogP contribution in [0.15, 0.2) is 47.1 Å². The molecule has 0 amide bonds. The van der Waals surface area contributed by atoms with E-state index >= 15 is 0 Å². The van der Waals surface area contributed by atoms with Gasteiger partial charge in [-0.3, -0.25) is 4.79 Å². The molecule has 2 fully saturated rings. The van der Waals surface area contributed by atoms with E-state index in [1.54, 1.807) is 5.57 Å². The van der Waals surface area contributed by atoms with Gasteiger partial charge in [0.1, 0.15) is 0 Å². The minimum absolute atomic E-state index is 0.0190. The number of fused-ring (bicyclic) bond motifs is 4. The molecule has 4 aliphatic rings. The predicted octanol–water partition coefficient (Wildman–Crippen LogP) is 4.48. The number of allylic oxidation sites excluding steroid dienone is 4. The highest BCUT2D eigenvalue weighted by molar-refractivity contribution is 5.93. The molecule has 2 unspecified atom stereocenters. The summed E-state index contributed by atoms with van der Waals surface area (Å²) in [5.74, 6) is 1.70. The van der Waals surface area contributed by atoms with Crippen molar-refractivity contribution in [2.45, 2.75) is 70.3 Å². The van der Waals surface area contributed by atoms with Gasteiger partial charge in [-0.1, -0.05) is 36.8 Å². The van der Waals surface area contributed by atoms with Crippen LogP contribution in [0.2, 0.25) is 0 Å². The Morgan fingerprint density at radius 2 is 1.86 bits per heavy atom. The van der Waals surface area contributed by atoms with E-state index in [0.29, 0.717) is 30.6 Å². The van der Waals surface area contributed by atoms with E-state index in [4.69, 9.17) is 0 Å². The van der Waals surface area contributed by atoms with Gasteiger partial charge in [0.2, 0.25) is 0 Å². The van der Waals surface area contributed by atoms with Gasteiger partial charge in [-0.2, -0.15) is 0 Å². The van der Waals surface area contributed by atoms with Gasteiger partial charge in [0.25, 0.3) is 0 Å². The third-order valence-corrected chi connectivity index (χ3v) is 8.46. The van der Waals surface area contributed by atoms with E-state index in [9.17, 15) is 15.0 Å². The number of ketones is 1. The van der Waals surface area contributed by atoms with E-state index in [1.165, 1.54) is 22.3 Å². The van der Waals surface area contributed by atoms with Crippen LogP contribution in [0, 0.1) is 17.3 Å². The largest absolute Gasteiger partial charge is 0.396 e. The van der Waals surface area contributed by atoms with Crippen molar-refractivity contribution in [2.75, 3.05) is 6.61 Å². The Morgan fingerprint density at radius 1 is 1.07 bits per heavy atom. The van der Waals surface area contributed by atoms with Crippen LogP contribution in [0.4, 0.5) is 0 Å². The number of hydrogen-bond donors (Lipinski definition) is 2. The standard InChI is InChI=1S/C26H32O3/c1-26-15-22(17-4-2-16(3-5-17)12-13-27)25-20-9-7-19(28)14-18(20)6-8-21(25)23(26)10-11-24(26)29/h2-5,14,21-24,27,29H,6-13,15H2,1H3/t21-,22?,23-,24?,26-/m0/s1. The van der Waals surface area contributed by atoms with Crippen molar-refractivity contribution in [3.05, 3.63) is 58.2 Å². The Balaban J connectivity index is 1.62. The fourth-order valence-corrected chi connectivity index (χ4v) is 6.98. The average molecular weight is 393 g/mol. The van der Waals surface area contributed by atoms with Crippen molar-refractivity contribution >= 4 is 5.78 Å². The number of aliphatic hydroxyl groups excluding tert-OH is 2. The highest BCUT2D eigenvalue weighted by Gasteiger charge is 2.56. The van der Waals surface area contributed by atoms with Crippen molar-refractivity contribution in [3.8, 4) is 0 Å². The smallest absolute Gasteiger partial charge is 0.156 e. The second-order valence-electron chi connectivity index (χ2n) is 9.89. The van der Waals surface area contributed by atoms with Crippen molar-refractivity contribution in [2.24, 2.45) is 17.3 Å². The molecule has 154 valence electrons. The molecule has 0 saturated heterocycles. The number of carbonyl (C=O) groups excluding carboxylic acids is 1. The molecule has 3 heteroatoms. The second kappa shape index (κ2) is 7.21. The van der Waals surface area contributed by atoms with Crippen LogP contribution >= 0.6 is 0 Å². The van der Waals surface area contributed by atoms with Crippen molar-refractivity contribution in [1.82, 2.24) is 0 Å². The number of benzene rings is 1. The third-order valence-electron chi connectivity index (χ3n) is 8.46. The molecule has 5 atom stereocenters. The van der Waals surface area contributed by atoms with Gasteiger partial charge >= 0.3 is 0 Å². The number of rotatable bonds is 3. The lowest BCUT2D eigenvalue weighted by Crippen LogP contribution is -2.45. The summed E-state index contributed by atoms with van der Waals surface area (Å²) in [4.78, 5) is 12.1. The normalized spacial score (nSPS) is 36.4. The summed E-state index contributed by atoms with van der Waals surface area (Å²) in [6, 6.07) is 8.76. The molecular weight excluding hydrogens is 360 g/mol. The van der Waals surface area contributed by atoms with Crippen LogP contribution in [-0.2, 0) is 11.2 Å². The first-order valence-electron chi connectivity index (χ1n) is 11.4. The molecule has 0 aliphatic heterocycles. The Bertz CT molecular complexity index is 878. The number of aliphatic hydroxyl groups is 2. The number of hydrogen-bond acceptors (Lipinski definition) is 3. The van der Waals surface area contributed by atoms with Gasteiger partial charge < -0.3 is 10.2 Å². The Kier molecular flexibility index (Phi) is 4.79. The van der Waals surface area contributed by atoms with Gasteiger partial charge in [-0.15, -0.1) is 0 Å². The van der Waals surface area contributed by atoms with Crippen LogP contribution < -0.4 is 0 Å².